The van der Waals surface area contributed by atoms with Gasteiger partial charge in [-0.2, -0.15) is 4.89 Å². The van der Waals surface area contributed by atoms with Crippen molar-refractivity contribution >= 4 is 9.84 Å². The van der Waals surface area contributed by atoms with E-state index in [-0.39, 0.29) is 4.90 Å². The van der Waals surface area contributed by atoms with E-state index in [9.17, 15) is 8.42 Å². The van der Waals surface area contributed by atoms with Crippen molar-refractivity contribution in [1.29, 1.82) is 0 Å². The normalized spacial score (nSPS) is 38.2. The first-order chi connectivity index (χ1) is 11.9. The summed E-state index contributed by atoms with van der Waals surface area (Å²) < 4.78 is 35.4. The molecule has 1 saturated carbocycles. The molecule has 138 valence electrons. The highest BCUT2D eigenvalue weighted by Gasteiger charge is 2.61. The molecular formula is C18H24O6S. The smallest absolute Gasteiger partial charge is 0.230 e. The van der Waals surface area contributed by atoms with Gasteiger partial charge in [-0.15, -0.1) is 0 Å². The quantitative estimate of drug-likeness (QED) is 0.764. The molecule has 6 nitrogen and oxygen atoms in total. The molecule has 4 aliphatic rings. The van der Waals surface area contributed by atoms with Crippen LogP contribution in [0.1, 0.15) is 44.1 Å². The van der Waals surface area contributed by atoms with Gasteiger partial charge in [0.25, 0.3) is 0 Å². The van der Waals surface area contributed by atoms with Crippen molar-refractivity contribution in [1.82, 2.24) is 0 Å². The number of benzene rings is 1. The number of ether oxygens (including phenoxy) is 2. The van der Waals surface area contributed by atoms with Crippen LogP contribution in [0.15, 0.2) is 29.2 Å². The van der Waals surface area contributed by atoms with Crippen LogP contribution in [-0.2, 0) is 34.9 Å². The highest BCUT2D eigenvalue weighted by molar-refractivity contribution is 7.90. The lowest BCUT2D eigenvalue weighted by molar-refractivity contribution is -0.558. The zero-order valence-corrected chi connectivity index (χ0v) is 15.4. The van der Waals surface area contributed by atoms with E-state index < -0.39 is 27.5 Å². The van der Waals surface area contributed by atoms with Crippen molar-refractivity contribution in [2.45, 2.75) is 61.1 Å². The second-order valence-electron chi connectivity index (χ2n) is 7.34. The Morgan fingerprint density at radius 1 is 1.08 bits per heavy atom. The Morgan fingerprint density at radius 2 is 1.84 bits per heavy atom. The molecule has 0 amide bonds. The number of sulfone groups is 1. The summed E-state index contributed by atoms with van der Waals surface area (Å²) in [6.07, 6.45) is 6.46. The summed E-state index contributed by atoms with van der Waals surface area (Å²) in [6.45, 7) is 0. The monoisotopic (exact) mass is 368 g/mol. The maximum Gasteiger partial charge on any atom is 0.230 e. The lowest BCUT2D eigenvalue weighted by atomic mass is 9.73. The fraction of sp³-hybridized carbons (Fsp3) is 0.667. The van der Waals surface area contributed by atoms with Crippen LogP contribution in [0, 0.1) is 5.92 Å². The molecule has 1 aromatic carbocycles. The average Bonchev–Trinajstić information content (AvgIpc) is 2.87. The lowest BCUT2D eigenvalue weighted by Crippen LogP contribution is -2.59. The van der Waals surface area contributed by atoms with E-state index in [0.717, 1.165) is 31.2 Å². The van der Waals surface area contributed by atoms with Crippen LogP contribution in [0.5, 0.6) is 0 Å². The molecule has 0 aromatic heterocycles. The molecule has 5 rings (SSSR count). The van der Waals surface area contributed by atoms with Crippen LogP contribution in [0.2, 0.25) is 0 Å². The highest BCUT2D eigenvalue weighted by Crippen LogP contribution is 2.55. The van der Waals surface area contributed by atoms with Gasteiger partial charge in [-0.25, -0.2) is 13.3 Å². The minimum atomic E-state index is -3.25. The van der Waals surface area contributed by atoms with E-state index in [1.807, 2.05) is 0 Å². The molecule has 1 spiro atoms. The van der Waals surface area contributed by atoms with Gasteiger partial charge >= 0.3 is 0 Å². The lowest BCUT2D eigenvalue weighted by Gasteiger charge is -2.49. The van der Waals surface area contributed by atoms with Crippen molar-refractivity contribution in [3.05, 3.63) is 29.8 Å². The first kappa shape index (κ1) is 17.4. The summed E-state index contributed by atoms with van der Waals surface area (Å²) in [7, 11) is -1.61. The van der Waals surface area contributed by atoms with E-state index in [0.29, 0.717) is 12.3 Å². The van der Waals surface area contributed by atoms with Gasteiger partial charge in [-0.05, 0) is 37.3 Å². The maximum atomic E-state index is 11.7. The Morgan fingerprint density at radius 3 is 2.52 bits per heavy atom. The molecule has 1 aromatic rings. The van der Waals surface area contributed by atoms with Gasteiger partial charge < -0.3 is 9.47 Å². The summed E-state index contributed by atoms with van der Waals surface area (Å²) in [5.74, 6) is -0.717. The molecule has 0 radical (unpaired) electrons. The minimum absolute atomic E-state index is 0.270. The first-order valence-electron chi connectivity index (χ1n) is 8.78. The molecule has 0 N–H and O–H groups in total. The summed E-state index contributed by atoms with van der Waals surface area (Å²) in [4.78, 5) is 12.1. The Bertz CT molecular complexity index is 741. The third-order valence-electron chi connectivity index (χ3n) is 5.85. The van der Waals surface area contributed by atoms with Gasteiger partial charge in [0, 0.05) is 25.3 Å². The average molecular weight is 368 g/mol. The van der Waals surface area contributed by atoms with Crippen molar-refractivity contribution in [3.63, 3.8) is 0 Å². The number of fused-ring (bicyclic) bond motifs is 3. The minimum Gasteiger partial charge on any atom is -0.353 e. The summed E-state index contributed by atoms with van der Waals surface area (Å²) in [6, 6.07) is 6.63. The maximum absolute atomic E-state index is 11.7. The van der Waals surface area contributed by atoms with Gasteiger partial charge in [-0.1, -0.05) is 25.0 Å². The van der Waals surface area contributed by atoms with E-state index >= 15 is 0 Å². The molecule has 4 fully saturated rings. The van der Waals surface area contributed by atoms with Gasteiger partial charge in [-0.3, -0.25) is 0 Å². The van der Waals surface area contributed by atoms with E-state index in [1.54, 1.807) is 31.4 Å². The standard InChI is InChI=1S/C18H24O6S/c1-21-16-17-11-4-3-5-13(17)10-12-18(22-16,24-23-17)14-6-8-15(9-7-14)25(2,19)20/h6-9,13,16H,3-5,10-12H2,1-2H3/t13-,16+,17+,18+/m1/s1. The third kappa shape index (κ3) is 2.73. The zero-order chi connectivity index (χ0) is 17.7. The molecule has 3 aliphatic heterocycles. The largest absolute Gasteiger partial charge is 0.353 e. The van der Waals surface area contributed by atoms with Gasteiger partial charge in [0.2, 0.25) is 5.79 Å². The van der Waals surface area contributed by atoms with Crippen molar-refractivity contribution in [3.8, 4) is 0 Å². The van der Waals surface area contributed by atoms with Crippen LogP contribution < -0.4 is 0 Å². The zero-order valence-electron chi connectivity index (χ0n) is 14.6. The predicted octanol–water partition coefficient (Wildman–Crippen LogP) is 2.92. The second-order valence-corrected chi connectivity index (χ2v) is 9.35. The summed E-state index contributed by atoms with van der Waals surface area (Å²) in [5, 5.41) is 0. The molecule has 0 unspecified atom stereocenters. The van der Waals surface area contributed by atoms with Gasteiger partial charge in [0.15, 0.2) is 21.7 Å². The number of hydrogen-bond acceptors (Lipinski definition) is 6. The fourth-order valence-electron chi connectivity index (χ4n) is 4.45. The first-order valence-corrected chi connectivity index (χ1v) is 10.7. The van der Waals surface area contributed by atoms with Crippen molar-refractivity contribution < 1.29 is 27.7 Å². The van der Waals surface area contributed by atoms with E-state index in [1.165, 1.54) is 12.7 Å². The van der Waals surface area contributed by atoms with Gasteiger partial charge in [0.05, 0.1) is 4.90 Å². The third-order valence-corrected chi connectivity index (χ3v) is 6.98. The SMILES string of the molecule is CO[C@H]1O[C@@]2(c3ccc(S(C)(=O)=O)cc3)CC[C@H]3CCCC[C@]31OO2. The molecule has 7 heteroatoms. The van der Waals surface area contributed by atoms with Gasteiger partial charge in [0.1, 0.15) is 0 Å². The molecule has 3 heterocycles. The van der Waals surface area contributed by atoms with Crippen LogP contribution in [0.25, 0.3) is 0 Å². The van der Waals surface area contributed by atoms with Crippen LogP contribution in [0.4, 0.5) is 0 Å². The molecule has 3 saturated heterocycles. The van der Waals surface area contributed by atoms with Crippen molar-refractivity contribution in [2.24, 2.45) is 5.92 Å². The second kappa shape index (κ2) is 6.03. The fourth-order valence-corrected chi connectivity index (χ4v) is 5.09. The topological polar surface area (TPSA) is 71.1 Å². The molecule has 1 aliphatic carbocycles. The van der Waals surface area contributed by atoms with Crippen LogP contribution >= 0.6 is 0 Å². The van der Waals surface area contributed by atoms with E-state index in [2.05, 4.69) is 0 Å². The van der Waals surface area contributed by atoms with Crippen LogP contribution in [-0.4, -0.2) is 33.7 Å². The van der Waals surface area contributed by atoms with E-state index in [4.69, 9.17) is 19.2 Å². The Labute approximate surface area is 148 Å². The Hall–Kier alpha value is -0.990. The molecular weight excluding hydrogens is 344 g/mol. The highest BCUT2D eigenvalue weighted by atomic mass is 32.2. The molecule has 2 bridgehead atoms. The summed E-state index contributed by atoms with van der Waals surface area (Å²) in [5.41, 5.74) is 0.204. The Balaban J connectivity index is 1.70. The Kier molecular flexibility index (Phi) is 4.20. The molecule has 25 heavy (non-hydrogen) atoms. The van der Waals surface area contributed by atoms with Crippen molar-refractivity contribution in [2.75, 3.05) is 13.4 Å². The number of methoxy groups -OCH3 is 1. The summed E-state index contributed by atoms with van der Waals surface area (Å²) >= 11 is 0. The van der Waals surface area contributed by atoms with Crippen LogP contribution in [0.3, 0.4) is 0 Å². The predicted molar refractivity (Wildman–Crippen MR) is 89.2 cm³/mol. The number of hydrogen-bond donors (Lipinski definition) is 0. The molecule has 4 atom stereocenters. The number of rotatable bonds is 3.